The minimum atomic E-state index is -0.590. The van der Waals surface area contributed by atoms with Crippen molar-refractivity contribution in [3.63, 3.8) is 0 Å². The fourth-order valence-electron chi connectivity index (χ4n) is 3.26. The number of methoxy groups -OCH3 is 1. The van der Waals surface area contributed by atoms with E-state index in [-0.39, 0.29) is 11.1 Å². The van der Waals surface area contributed by atoms with Crippen molar-refractivity contribution in [1.29, 1.82) is 0 Å². The van der Waals surface area contributed by atoms with Crippen LogP contribution in [-0.4, -0.2) is 18.2 Å². The Bertz CT molecular complexity index is 1210. The molecule has 2 aromatic carbocycles. The fraction of sp³-hybridized carbons (Fsp3) is 0.130. The first kappa shape index (κ1) is 19.1. The average Bonchev–Trinajstić information content (AvgIpc) is 3.36. The summed E-state index contributed by atoms with van der Waals surface area (Å²) >= 11 is 1.68. The van der Waals surface area contributed by atoms with Gasteiger partial charge in [-0.2, -0.15) is 11.3 Å². The zero-order chi connectivity index (χ0) is 20.5. The summed E-state index contributed by atoms with van der Waals surface area (Å²) in [4.78, 5) is 11.5. The van der Waals surface area contributed by atoms with E-state index in [1.807, 2.05) is 12.1 Å². The van der Waals surface area contributed by atoms with E-state index in [2.05, 4.69) is 40.6 Å². The molecule has 4 rings (SSSR count). The van der Waals surface area contributed by atoms with E-state index in [1.165, 1.54) is 35.9 Å². The number of hydrogen-bond donors (Lipinski definition) is 0. The van der Waals surface area contributed by atoms with E-state index >= 15 is 0 Å². The van der Waals surface area contributed by atoms with Crippen LogP contribution in [0.3, 0.4) is 0 Å². The van der Waals surface area contributed by atoms with Crippen LogP contribution in [-0.2, 0) is 4.74 Å². The molecule has 0 N–H and O–H groups in total. The molecule has 4 aromatic rings. The van der Waals surface area contributed by atoms with Crippen molar-refractivity contribution in [2.75, 3.05) is 7.11 Å². The van der Waals surface area contributed by atoms with Gasteiger partial charge < -0.3 is 9.26 Å². The van der Waals surface area contributed by atoms with Crippen molar-refractivity contribution in [2.45, 2.75) is 13.8 Å². The average molecular weight is 407 g/mol. The van der Waals surface area contributed by atoms with Crippen LogP contribution < -0.4 is 0 Å². The van der Waals surface area contributed by atoms with Gasteiger partial charge in [0.05, 0.1) is 12.7 Å². The van der Waals surface area contributed by atoms with E-state index in [9.17, 15) is 9.18 Å². The van der Waals surface area contributed by atoms with Gasteiger partial charge in [-0.3, -0.25) is 0 Å². The number of esters is 1. The molecule has 0 radical (unpaired) electrons. The van der Waals surface area contributed by atoms with Crippen LogP contribution in [0.15, 0.2) is 57.7 Å². The standard InChI is InChI=1S/C23H18FNO3S/c1-13-8-15(4-6-17(13)19-12-29-11-14(19)2)22-10-21(25-28-22)18-7-5-16(9-20(18)24)23(26)27-3/h4-12H,1-3H3. The van der Waals surface area contributed by atoms with Crippen LogP contribution in [0, 0.1) is 19.7 Å². The first-order chi connectivity index (χ1) is 14.0. The molecule has 2 aromatic heterocycles. The van der Waals surface area contributed by atoms with E-state index in [0.717, 1.165) is 17.2 Å². The second kappa shape index (κ2) is 7.64. The normalized spacial score (nSPS) is 10.9. The third kappa shape index (κ3) is 3.59. The van der Waals surface area contributed by atoms with Crippen molar-refractivity contribution >= 4 is 17.3 Å². The van der Waals surface area contributed by atoms with Gasteiger partial charge >= 0.3 is 5.97 Å². The van der Waals surface area contributed by atoms with Gasteiger partial charge in [0.1, 0.15) is 11.5 Å². The Labute approximate surface area is 171 Å². The number of halogens is 1. The largest absolute Gasteiger partial charge is 0.465 e. The number of carbonyl (C=O) groups is 1. The summed E-state index contributed by atoms with van der Waals surface area (Å²) in [7, 11) is 1.25. The molecule has 6 heteroatoms. The molecule has 4 nitrogen and oxygen atoms in total. The Balaban J connectivity index is 1.65. The molecule has 29 heavy (non-hydrogen) atoms. The van der Waals surface area contributed by atoms with Crippen molar-refractivity contribution in [3.05, 3.63) is 75.7 Å². The number of ether oxygens (including phenoxy) is 1. The van der Waals surface area contributed by atoms with Crippen LogP contribution in [0.1, 0.15) is 21.5 Å². The van der Waals surface area contributed by atoms with Crippen LogP contribution in [0.4, 0.5) is 4.39 Å². The Morgan fingerprint density at radius 1 is 1.00 bits per heavy atom. The van der Waals surface area contributed by atoms with Crippen molar-refractivity contribution in [3.8, 4) is 33.7 Å². The summed E-state index contributed by atoms with van der Waals surface area (Å²) < 4.78 is 24.5. The van der Waals surface area contributed by atoms with Gasteiger partial charge in [0.2, 0.25) is 0 Å². The number of nitrogens with zero attached hydrogens (tertiary/aromatic N) is 1. The van der Waals surface area contributed by atoms with Crippen LogP contribution in [0.25, 0.3) is 33.7 Å². The maximum absolute atomic E-state index is 14.5. The van der Waals surface area contributed by atoms with E-state index in [4.69, 9.17) is 4.52 Å². The molecule has 0 aliphatic heterocycles. The maximum Gasteiger partial charge on any atom is 0.337 e. The van der Waals surface area contributed by atoms with E-state index in [1.54, 1.807) is 17.4 Å². The Kier molecular flexibility index (Phi) is 5.03. The summed E-state index contributed by atoms with van der Waals surface area (Å²) in [6.07, 6.45) is 0. The number of aryl methyl sites for hydroxylation is 2. The lowest BCUT2D eigenvalue weighted by molar-refractivity contribution is 0.0600. The number of aromatic nitrogens is 1. The quantitative estimate of drug-likeness (QED) is 0.374. The summed E-state index contributed by atoms with van der Waals surface area (Å²) in [6, 6.07) is 11.9. The maximum atomic E-state index is 14.5. The van der Waals surface area contributed by atoms with E-state index in [0.29, 0.717) is 11.5 Å². The molecule has 0 aliphatic rings. The molecule has 0 fully saturated rings. The summed E-state index contributed by atoms with van der Waals surface area (Å²) in [5, 5.41) is 8.28. The lowest BCUT2D eigenvalue weighted by atomic mass is 9.97. The van der Waals surface area contributed by atoms with Crippen molar-refractivity contribution in [1.82, 2.24) is 5.16 Å². The molecule has 0 unspecified atom stereocenters. The van der Waals surface area contributed by atoms with Gasteiger partial charge in [0.15, 0.2) is 5.76 Å². The molecular weight excluding hydrogens is 389 g/mol. The molecular formula is C23H18FNO3S. The molecule has 0 saturated heterocycles. The first-order valence-electron chi connectivity index (χ1n) is 8.97. The molecule has 0 bridgehead atoms. The number of rotatable bonds is 4. The fourth-order valence-corrected chi connectivity index (χ4v) is 4.11. The smallest absolute Gasteiger partial charge is 0.337 e. The topological polar surface area (TPSA) is 52.3 Å². The highest BCUT2D eigenvalue weighted by Crippen LogP contribution is 2.34. The SMILES string of the molecule is COC(=O)c1ccc(-c2cc(-c3ccc(-c4cscc4C)c(C)c3)on2)c(F)c1. The van der Waals surface area contributed by atoms with Gasteiger partial charge in [0, 0.05) is 17.2 Å². The van der Waals surface area contributed by atoms with Gasteiger partial charge in [0.25, 0.3) is 0 Å². The zero-order valence-corrected chi connectivity index (χ0v) is 17.0. The minimum Gasteiger partial charge on any atom is -0.465 e. The highest BCUT2D eigenvalue weighted by molar-refractivity contribution is 7.08. The third-order valence-corrected chi connectivity index (χ3v) is 5.69. The lowest BCUT2D eigenvalue weighted by Gasteiger charge is -2.07. The van der Waals surface area contributed by atoms with Crippen molar-refractivity contribution < 1.29 is 18.4 Å². The van der Waals surface area contributed by atoms with Crippen LogP contribution in [0.2, 0.25) is 0 Å². The predicted octanol–water partition coefficient (Wildman–Crippen LogP) is 6.28. The molecule has 0 amide bonds. The highest BCUT2D eigenvalue weighted by atomic mass is 32.1. The summed E-state index contributed by atoms with van der Waals surface area (Å²) in [5.41, 5.74) is 6.41. The van der Waals surface area contributed by atoms with Crippen molar-refractivity contribution in [2.24, 2.45) is 0 Å². The molecule has 146 valence electrons. The Morgan fingerprint density at radius 2 is 1.79 bits per heavy atom. The van der Waals surface area contributed by atoms with Gasteiger partial charge in [-0.15, -0.1) is 0 Å². The van der Waals surface area contributed by atoms with Gasteiger partial charge in [-0.1, -0.05) is 17.3 Å². The lowest BCUT2D eigenvalue weighted by Crippen LogP contribution is -2.01. The first-order valence-corrected chi connectivity index (χ1v) is 9.91. The second-order valence-corrected chi connectivity index (χ2v) is 7.50. The highest BCUT2D eigenvalue weighted by Gasteiger charge is 2.16. The Hall–Kier alpha value is -3.25. The Morgan fingerprint density at radius 3 is 2.45 bits per heavy atom. The zero-order valence-electron chi connectivity index (χ0n) is 16.2. The second-order valence-electron chi connectivity index (χ2n) is 6.76. The third-order valence-electron chi connectivity index (χ3n) is 4.83. The molecule has 0 aliphatic carbocycles. The van der Waals surface area contributed by atoms with Crippen LogP contribution in [0.5, 0.6) is 0 Å². The minimum absolute atomic E-state index is 0.146. The molecule has 0 spiro atoms. The predicted molar refractivity (Wildman–Crippen MR) is 111 cm³/mol. The number of benzene rings is 2. The monoisotopic (exact) mass is 407 g/mol. The number of thiophene rings is 1. The number of carbonyl (C=O) groups excluding carboxylic acids is 1. The molecule has 2 heterocycles. The summed E-state index contributed by atoms with van der Waals surface area (Å²) in [5.74, 6) is -0.604. The van der Waals surface area contributed by atoms with E-state index < -0.39 is 11.8 Å². The van der Waals surface area contributed by atoms with Gasteiger partial charge in [-0.25, -0.2) is 9.18 Å². The van der Waals surface area contributed by atoms with Crippen LogP contribution >= 0.6 is 11.3 Å². The van der Waals surface area contributed by atoms with Gasteiger partial charge in [-0.05, 0) is 71.1 Å². The molecule has 0 saturated carbocycles. The molecule has 0 atom stereocenters. The number of hydrogen-bond acceptors (Lipinski definition) is 5. The summed E-state index contributed by atoms with van der Waals surface area (Å²) in [6.45, 7) is 4.15.